The molecule has 0 aromatic carbocycles. The summed E-state index contributed by atoms with van der Waals surface area (Å²) < 4.78 is 2.98. The summed E-state index contributed by atoms with van der Waals surface area (Å²) in [7, 11) is 4.91. The first-order valence-corrected chi connectivity index (χ1v) is 6.23. The second-order valence-electron chi connectivity index (χ2n) is 4.77. The number of rotatable bonds is 4. The van der Waals surface area contributed by atoms with Gasteiger partial charge in [-0.2, -0.15) is 10.2 Å². The maximum Gasteiger partial charge on any atom is 0.322 e. The molecule has 0 N–H and O–H groups in total. The van der Waals surface area contributed by atoms with E-state index < -0.39 is 10.8 Å². The zero-order valence-electron chi connectivity index (χ0n) is 12.3. The molecule has 9 nitrogen and oxygen atoms in total. The van der Waals surface area contributed by atoms with Crippen LogP contribution in [0.4, 0.5) is 5.69 Å². The fourth-order valence-electron chi connectivity index (χ4n) is 2.01. The third-order valence-corrected chi connectivity index (χ3v) is 3.36. The predicted octanol–water partition coefficient (Wildman–Crippen LogP) is 0.642. The van der Waals surface area contributed by atoms with Crippen LogP contribution in [0.3, 0.4) is 0 Å². The zero-order chi connectivity index (χ0) is 15.7. The molecular weight excluding hydrogens is 276 g/mol. The Bertz CT molecular complexity index is 702. The van der Waals surface area contributed by atoms with Crippen LogP contribution in [-0.4, -0.2) is 42.3 Å². The van der Waals surface area contributed by atoms with Crippen molar-refractivity contribution in [2.75, 3.05) is 7.05 Å². The number of hydrogen-bond acceptors (Lipinski definition) is 5. The van der Waals surface area contributed by atoms with E-state index in [4.69, 9.17) is 0 Å². The number of hydrogen-bond donors (Lipinski definition) is 0. The molecule has 0 aliphatic carbocycles. The Balaban J connectivity index is 2.30. The van der Waals surface area contributed by atoms with E-state index in [2.05, 4.69) is 10.2 Å². The van der Waals surface area contributed by atoms with E-state index in [-0.39, 0.29) is 11.4 Å². The average molecular weight is 292 g/mol. The Morgan fingerprint density at radius 1 is 1.43 bits per heavy atom. The van der Waals surface area contributed by atoms with Crippen LogP contribution < -0.4 is 0 Å². The van der Waals surface area contributed by atoms with Crippen LogP contribution in [0.5, 0.6) is 0 Å². The minimum Gasteiger partial charge on any atom is -0.334 e. The van der Waals surface area contributed by atoms with Crippen molar-refractivity contribution >= 4 is 11.6 Å². The first kappa shape index (κ1) is 14.7. The van der Waals surface area contributed by atoms with Crippen molar-refractivity contribution in [1.82, 2.24) is 24.5 Å². The molecule has 9 heteroatoms. The largest absolute Gasteiger partial charge is 0.334 e. The normalized spacial score (nSPS) is 10.7. The Kier molecular flexibility index (Phi) is 3.74. The molecule has 0 saturated heterocycles. The van der Waals surface area contributed by atoms with Crippen molar-refractivity contribution in [1.29, 1.82) is 0 Å². The number of amides is 1. The van der Waals surface area contributed by atoms with Crippen molar-refractivity contribution in [3.8, 4) is 0 Å². The van der Waals surface area contributed by atoms with E-state index >= 15 is 0 Å². The summed E-state index contributed by atoms with van der Waals surface area (Å²) in [6.07, 6.45) is 1.63. The monoisotopic (exact) mass is 292 g/mol. The van der Waals surface area contributed by atoms with Crippen molar-refractivity contribution < 1.29 is 9.72 Å². The Hall–Kier alpha value is -2.71. The summed E-state index contributed by atoms with van der Waals surface area (Å²) in [5.41, 5.74) is 0.766. The van der Waals surface area contributed by atoms with Crippen molar-refractivity contribution in [3.63, 3.8) is 0 Å². The van der Waals surface area contributed by atoms with Gasteiger partial charge in [-0.1, -0.05) is 0 Å². The molecule has 0 aliphatic rings. The fraction of sp³-hybridized carbons (Fsp3) is 0.417. The zero-order valence-corrected chi connectivity index (χ0v) is 12.3. The van der Waals surface area contributed by atoms with E-state index in [1.165, 1.54) is 9.58 Å². The summed E-state index contributed by atoms with van der Waals surface area (Å²) in [6, 6.07) is 1.78. The molecule has 0 unspecified atom stereocenters. The van der Waals surface area contributed by atoms with Crippen molar-refractivity contribution in [2.24, 2.45) is 14.1 Å². The highest BCUT2D eigenvalue weighted by Crippen LogP contribution is 2.23. The SMILES string of the molecule is Cc1c([N+](=O)[O-])c(C(=O)N(C)Cc2ccnn2C)nn1C. The number of aryl methyl sites for hydroxylation is 2. The lowest BCUT2D eigenvalue weighted by Gasteiger charge is -2.15. The van der Waals surface area contributed by atoms with E-state index in [1.807, 2.05) is 0 Å². The van der Waals surface area contributed by atoms with Crippen LogP contribution in [0.25, 0.3) is 0 Å². The van der Waals surface area contributed by atoms with Gasteiger partial charge in [0.15, 0.2) is 0 Å². The highest BCUT2D eigenvalue weighted by atomic mass is 16.6. The fourth-order valence-corrected chi connectivity index (χ4v) is 2.01. The Labute approximate surface area is 120 Å². The van der Waals surface area contributed by atoms with Crippen LogP contribution in [0.15, 0.2) is 12.3 Å². The summed E-state index contributed by atoms with van der Waals surface area (Å²) in [5.74, 6) is -0.494. The van der Waals surface area contributed by atoms with Gasteiger partial charge < -0.3 is 4.90 Å². The van der Waals surface area contributed by atoms with Crippen LogP contribution in [0.1, 0.15) is 21.9 Å². The maximum absolute atomic E-state index is 12.4. The minimum absolute atomic E-state index is 0.148. The van der Waals surface area contributed by atoms with Crippen LogP contribution in [-0.2, 0) is 20.6 Å². The Morgan fingerprint density at radius 3 is 2.62 bits per heavy atom. The molecule has 21 heavy (non-hydrogen) atoms. The molecule has 2 aromatic heterocycles. The summed E-state index contributed by atoms with van der Waals surface area (Å²) in [4.78, 5) is 24.3. The third-order valence-electron chi connectivity index (χ3n) is 3.36. The number of nitrogens with zero attached hydrogens (tertiary/aromatic N) is 6. The molecule has 0 saturated carbocycles. The van der Waals surface area contributed by atoms with Crippen LogP contribution in [0.2, 0.25) is 0 Å². The number of carbonyl (C=O) groups is 1. The van der Waals surface area contributed by atoms with E-state index in [0.717, 1.165) is 5.69 Å². The van der Waals surface area contributed by atoms with Gasteiger partial charge in [-0.25, -0.2) is 0 Å². The standard InChI is InChI=1S/C12H16N6O3/c1-8-11(18(20)21)10(14-16(8)3)12(19)15(2)7-9-5-6-13-17(9)4/h5-6H,7H2,1-4H3. The van der Waals surface area contributed by atoms with E-state index in [1.54, 1.807) is 45.0 Å². The average Bonchev–Trinajstić information content (AvgIpc) is 2.94. The van der Waals surface area contributed by atoms with Gasteiger partial charge in [-0.3, -0.25) is 24.3 Å². The molecule has 0 radical (unpaired) electrons. The van der Waals surface area contributed by atoms with Gasteiger partial charge in [0.2, 0.25) is 5.69 Å². The van der Waals surface area contributed by atoms with Crippen LogP contribution >= 0.6 is 0 Å². The maximum atomic E-state index is 12.4. The summed E-state index contributed by atoms with van der Waals surface area (Å²) in [5, 5.41) is 19.1. The smallest absolute Gasteiger partial charge is 0.322 e. The van der Waals surface area contributed by atoms with Gasteiger partial charge >= 0.3 is 5.69 Å². The molecule has 112 valence electrons. The van der Waals surface area contributed by atoms with Gasteiger partial charge in [0.05, 0.1) is 17.2 Å². The summed E-state index contributed by atoms with van der Waals surface area (Å²) in [6.45, 7) is 1.85. The van der Waals surface area contributed by atoms with Gasteiger partial charge in [0.1, 0.15) is 5.69 Å². The highest BCUT2D eigenvalue weighted by molar-refractivity contribution is 5.96. The molecule has 0 aliphatic heterocycles. The van der Waals surface area contributed by atoms with Gasteiger partial charge in [0.25, 0.3) is 5.91 Å². The summed E-state index contributed by atoms with van der Waals surface area (Å²) >= 11 is 0. The second kappa shape index (κ2) is 5.35. The minimum atomic E-state index is -0.576. The molecule has 2 heterocycles. The van der Waals surface area contributed by atoms with E-state index in [9.17, 15) is 14.9 Å². The second-order valence-corrected chi connectivity index (χ2v) is 4.77. The molecule has 0 bridgehead atoms. The number of aromatic nitrogens is 4. The van der Waals surface area contributed by atoms with Crippen LogP contribution in [0, 0.1) is 17.0 Å². The molecule has 0 spiro atoms. The molecule has 2 rings (SSSR count). The van der Waals surface area contributed by atoms with Gasteiger partial charge in [-0.15, -0.1) is 0 Å². The number of carbonyl (C=O) groups excluding carboxylic acids is 1. The number of nitro groups is 1. The molecule has 0 fully saturated rings. The highest BCUT2D eigenvalue weighted by Gasteiger charge is 2.30. The first-order valence-electron chi connectivity index (χ1n) is 6.23. The molecular formula is C12H16N6O3. The van der Waals surface area contributed by atoms with Gasteiger partial charge in [-0.05, 0) is 13.0 Å². The Morgan fingerprint density at radius 2 is 2.10 bits per heavy atom. The van der Waals surface area contributed by atoms with Gasteiger partial charge in [0, 0.05) is 27.3 Å². The predicted molar refractivity (Wildman–Crippen MR) is 73.6 cm³/mol. The van der Waals surface area contributed by atoms with E-state index in [0.29, 0.717) is 12.2 Å². The first-order chi connectivity index (χ1) is 9.82. The van der Waals surface area contributed by atoms with Crippen molar-refractivity contribution in [2.45, 2.75) is 13.5 Å². The topological polar surface area (TPSA) is 99.1 Å². The molecule has 2 aromatic rings. The lowest BCUT2D eigenvalue weighted by Crippen LogP contribution is -2.28. The lowest BCUT2D eigenvalue weighted by atomic mass is 10.2. The van der Waals surface area contributed by atoms with Crippen molar-refractivity contribution in [3.05, 3.63) is 39.5 Å². The molecule has 0 atom stereocenters. The third kappa shape index (κ3) is 2.62. The quantitative estimate of drug-likeness (QED) is 0.608. The lowest BCUT2D eigenvalue weighted by molar-refractivity contribution is -0.385. The molecule has 1 amide bonds.